The van der Waals surface area contributed by atoms with Gasteiger partial charge in [-0.15, -0.1) is 0 Å². The van der Waals surface area contributed by atoms with E-state index < -0.39 is 0 Å². The molecule has 1 nitrogen and oxygen atoms in total. The lowest BCUT2D eigenvalue weighted by molar-refractivity contribution is -0.660. The lowest BCUT2D eigenvalue weighted by Crippen LogP contribution is -2.90. The van der Waals surface area contributed by atoms with E-state index in [9.17, 15) is 0 Å². The van der Waals surface area contributed by atoms with Gasteiger partial charge in [0.15, 0.2) is 0 Å². The zero-order valence-corrected chi connectivity index (χ0v) is 12.0. The first-order valence-corrected chi connectivity index (χ1v) is 7.53. The molecular weight excluding hydrogens is 206 g/mol. The number of hydrogen-bond acceptors (Lipinski definition) is 0. The Hall–Kier alpha value is -0.0400. The summed E-state index contributed by atoms with van der Waals surface area (Å²) in [5, 5.41) is 2.26. The summed E-state index contributed by atoms with van der Waals surface area (Å²) in [5.74, 6) is 3.89. The molecule has 0 radical (unpaired) electrons. The molecule has 0 aromatic rings. The van der Waals surface area contributed by atoms with Crippen LogP contribution < -0.4 is 5.32 Å². The van der Waals surface area contributed by atoms with Crippen LogP contribution in [0.3, 0.4) is 0 Å². The Morgan fingerprint density at radius 1 is 1.18 bits per heavy atom. The van der Waals surface area contributed by atoms with Gasteiger partial charge in [0.25, 0.3) is 0 Å². The van der Waals surface area contributed by atoms with Crippen molar-refractivity contribution in [3.8, 4) is 0 Å². The van der Waals surface area contributed by atoms with Crippen molar-refractivity contribution in [1.82, 2.24) is 0 Å². The predicted octanol–water partition coefficient (Wildman–Crippen LogP) is 2.83. The Bertz CT molecular complexity index is 323. The maximum atomic E-state index is 4.10. The Morgan fingerprint density at radius 3 is 2.47 bits per heavy atom. The minimum absolute atomic E-state index is 0.582. The molecule has 4 fully saturated rings. The van der Waals surface area contributed by atoms with Gasteiger partial charge in [0.2, 0.25) is 0 Å². The molecule has 0 amide bonds. The average molecular weight is 235 g/mol. The zero-order valence-electron chi connectivity index (χ0n) is 12.0. The third-order valence-corrected chi connectivity index (χ3v) is 6.95. The normalized spacial score (nSPS) is 56.8. The van der Waals surface area contributed by atoms with Crippen LogP contribution in [0.25, 0.3) is 0 Å². The minimum atomic E-state index is 0.582. The van der Waals surface area contributed by atoms with E-state index in [0.717, 1.165) is 29.7 Å². The van der Waals surface area contributed by atoms with Crippen molar-refractivity contribution >= 4 is 0 Å². The lowest BCUT2D eigenvalue weighted by Gasteiger charge is -2.59. The van der Waals surface area contributed by atoms with Crippen molar-refractivity contribution < 1.29 is 5.32 Å². The second-order valence-corrected chi connectivity index (χ2v) is 8.06. The van der Waals surface area contributed by atoms with Gasteiger partial charge in [-0.25, -0.2) is 0 Å². The standard InChI is InChI=1S/C16H29N/c1-10(2)12-6-11-7-15(3)8-13(12)16(11,4)9-14(15)17-5/h10-14H,5-9,17H2,1-4H3/t11-,12+,13-,14+,15-,16+/m0/s1. The van der Waals surface area contributed by atoms with Crippen LogP contribution in [0, 0.1) is 41.5 Å². The third kappa shape index (κ3) is 1.41. The summed E-state index contributed by atoms with van der Waals surface area (Å²) in [6.07, 6.45) is 5.88. The van der Waals surface area contributed by atoms with Crippen LogP contribution >= 0.6 is 0 Å². The highest BCUT2D eigenvalue weighted by Gasteiger charge is 2.65. The largest absolute Gasteiger partial charge is 0.476 e. The van der Waals surface area contributed by atoms with Gasteiger partial charge in [-0.3, -0.25) is 0 Å². The van der Waals surface area contributed by atoms with Crippen molar-refractivity contribution in [2.75, 3.05) is 0 Å². The number of quaternary nitrogens is 1. The van der Waals surface area contributed by atoms with Crippen molar-refractivity contribution in [3.05, 3.63) is 7.05 Å². The van der Waals surface area contributed by atoms with Crippen LogP contribution in [-0.4, -0.2) is 6.04 Å². The number of fused-ring (bicyclic) bond motifs is 1. The summed E-state index contributed by atoms with van der Waals surface area (Å²) in [6.45, 7) is 10.0. The van der Waals surface area contributed by atoms with E-state index in [0.29, 0.717) is 10.8 Å². The maximum Gasteiger partial charge on any atom is 0.0680 e. The molecule has 4 rings (SSSR count). The molecule has 4 bridgehead atoms. The van der Waals surface area contributed by atoms with Gasteiger partial charge < -0.3 is 5.32 Å². The smallest absolute Gasteiger partial charge is 0.0680 e. The van der Waals surface area contributed by atoms with Crippen LogP contribution in [-0.2, 0) is 0 Å². The van der Waals surface area contributed by atoms with E-state index >= 15 is 0 Å². The minimum Gasteiger partial charge on any atom is -0.476 e. The highest BCUT2D eigenvalue weighted by atomic mass is 14.9. The second-order valence-electron chi connectivity index (χ2n) is 8.06. The van der Waals surface area contributed by atoms with Gasteiger partial charge in [0.1, 0.15) is 0 Å². The summed E-state index contributed by atoms with van der Waals surface area (Å²) < 4.78 is 0. The molecule has 4 aliphatic carbocycles. The SMILES string of the molecule is [CH2-][NH2+][C@@H]1C[C@]2(C)[C@H]3C[C@H](C(C)C)[C@@H]2C[C@]1(C)C3. The molecule has 0 unspecified atom stereocenters. The quantitative estimate of drug-likeness (QED) is 0.709. The Morgan fingerprint density at radius 2 is 1.88 bits per heavy atom. The molecule has 1 heteroatoms. The van der Waals surface area contributed by atoms with E-state index in [1.54, 1.807) is 0 Å². The van der Waals surface area contributed by atoms with E-state index in [4.69, 9.17) is 0 Å². The summed E-state index contributed by atoms with van der Waals surface area (Å²) in [4.78, 5) is 0. The molecule has 0 aliphatic heterocycles. The van der Waals surface area contributed by atoms with Crippen molar-refractivity contribution in [2.24, 2.45) is 34.5 Å². The summed E-state index contributed by atoms with van der Waals surface area (Å²) in [7, 11) is 4.10. The highest BCUT2D eigenvalue weighted by molar-refractivity contribution is 5.14. The topological polar surface area (TPSA) is 16.6 Å². The summed E-state index contributed by atoms with van der Waals surface area (Å²) >= 11 is 0. The van der Waals surface area contributed by atoms with E-state index in [-0.39, 0.29) is 0 Å². The molecule has 0 saturated heterocycles. The number of hydrogen-bond donors (Lipinski definition) is 1. The molecule has 0 spiro atoms. The second kappa shape index (κ2) is 3.50. The van der Waals surface area contributed by atoms with E-state index in [1.807, 2.05) is 0 Å². The Balaban J connectivity index is 1.95. The predicted molar refractivity (Wildman–Crippen MR) is 71.1 cm³/mol. The molecular formula is C16H29N. The zero-order chi connectivity index (χ0) is 12.4. The lowest BCUT2D eigenvalue weighted by atomic mass is 9.47. The Labute approximate surface area is 107 Å². The number of rotatable bonds is 2. The van der Waals surface area contributed by atoms with Crippen molar-refractivity contribution in [1.29, 1.82) is 0 Å². The van der Waals surface area contributed by atoms with Crippen LogP contribution in [0.5, 0.6) is 0 Å². The van der Waals surface area contributed by atoms with Crippen LogP contribution in [0.1, 0.15) is 53.4 Å². The molecule has 4 aliphatic rings. The summed E-state index contributed by atoms with van der Waals surface area (Å²) in [6, 6.07) is 0.783. The van der Waals surface area contributed by atoms with Gasteiger partial charge in [-0.1, -0.05) is 27.7 Å². The molecule has 4 saturated carbocycles. The van der Waals surface area contributed by atoms with Crippen molar-refractivity contribution in [2.45, 2.75) is 59.4 Å². The van der Waals surface area contributed by atoms with E-state index in [2.05, 4.69) is 40.1 Å². The molecule has 98 valence electrons. The molecule has 17 heavy (non-hydrogen) atoms. The van der Waals surface area contributed by atoms with Gasteiger partial charge in [-0.2, -0.15) is 7.05 Å². The first-order valence-electron chi connectivity index (χ1n) is 7.53. The molecule has 6 atom stereocenters. The molecule has 0 heterocycles. The van der Waals surface area contributed by atoms with E-state index in [1.165, 1.54) is 25.7 Å². The number of nitrogens with two attached hydrogens (primary N) is 1. The average Bonchev–Trinajstić information content (AvgIpc) is 2.44. The van der Waals surface area contributed by atoms with Gasteiger partial charge in [0.05, 0.1) is 6.04 Å². The fourth-order valence-electron chi connectivity index (χ4n) is 5.85. The maximum absolute atomic E-state index is 4.10. The first-order chi connectivity index (χ1) is 7.90. The van der Waals surface area contributed by atoms with Gasteiger partial charge in [0, 0.05) is 11.8 Å². The van der Waals surface area contributed by atoms with Crippen LogP contribution in [0.4, 0.5) is 0 Å². The monoisotopic (exact) mass is 235 g/mol. The molecule has 0 aromatic carbocycles. The van der Waals surface area contributed by atoms with Crippen LogP contribution in [0.15, 0.2) is 0 Å². The third-order valence-electron chi connectivity index (χ3n) is 6.95. The highest BCUT2D eigenvalue weighted by Crippen LogP contribution is 2.70. The van der Waals surface area contributed by atoms with Crippen LogP contribution in [0.2, 0.25) is 0 Å². The molecule has 0 aromatic heterocycles. The summed E-state index contributed by atoms with van der Waals surface area (Å²) in [5.41, 5.74) is 1.23. The van der Waals surface area contributed by atoms with Gasteiger partial charge >= 0.3 is 0 Å². The first kappa shape index (κ1) is 12.0. The van der Waals surface area contributed by atoms with Crippen molar-refractivity contribution in [3.63, 3.8) is 0 Å². The molecule has 2 N–H and O–H groups in total. The van der Waals surface area contributed by atoms with Gasteiger partial charge in [-0.05, 0) is 48.3 Å². The fraction of sp³-hybridized carbons (Fsp3) is 0.938. The Kier molecular flexibility index (Phi) is 2.47. The fourth-order valence-corrected chi connectivity index (χ4v) is 5.85.